The lowest BCUT2D eigenvalue weighted by molar-refractivity contribution is -0.147. The third kappa shape index (κ3) is 19.7. The van der Waals surface area contributed by atoms with E-state index in [1.165, 1.54) is 19.2 Å². The molecule has 0 saturated carbocycles. The Balaban J connectivity index is 1.07. The van der Waals surface area contributed by atoms with Gasteiger partial charge in [0.05, 0.1) is 76.6 Å². The number of nitrogens with one attached hydrogen (secondary N) is 3. The number of benzene rings is 1. The lowest BCUT2D eigenvalue weighted by atomic mass is 10.1. The number of aromatic nitrogens is 1. The van der Waals surface area contributed by atoms with Gasteiger partial charge in [0.25, 0.3) is 11.8 Å². The number of piperazine rings is 1. The summed E-state index contributed by atoms with van der Waals surface area (Å²) < 4.78 is 38.5. The standard InChI is InChI=1S/C49H68F2N12O14/c1-33(55-40(64)28-58-10-12-59(29-42(66)67)14-16-61(31-44(70)71)17-15-60(13-11-58)30-43(68)69)46(73)56-39(24-45(72)76-2)48(75)62-20-18-57(19-21-62)9-3-4-22-77-35-5-6-38-37(23-35)36(7-8-53-38)47(74)54-27-41(65)63-32-49(50,51)25-34(63)26-52/h5-8,23,33-34,39H,3-4,9-22,24-25,27-32H2,1-2H3,(H,54,74)(H,55,64)(H,56,73)(H,66,67)(H,68,69)(H,70,71)/t33-,34+,39-/m0/s1. The summed E-state index contributed by atoms with van der Waals surface area (Å²) in [4.78, 5) is 129. The SMILES string of the molecule is COC(=O)C[C@H](NC(=O)[C@H](C)NC(=O)CN1CCN(CC(=O)O)CCN(CC(=O)O)CCN(CC(=O)O)CC1)C(=O)N1CCN(CCCCOc2ccc3nccc(C(=O)NCC(=O)N4CC(F)(F)C[C@@H]4C#N)c3c2)CC1. The number of hydrogen-bond donors (Lipinski definition) is 6. The average Bonchev–Trinajstić information content (AvgIpc) is 3.72. The minimum atomic E-state index is -3.19. The maximum absolute atomic E-state index is 13.9. The number of pyridine rings is 1. The second-order valence-corrected chi connectivity index (χ2v) is 19.1. The van der Waals surface area contributed by atoms with Crippen LogP contribution < -0.4 is 20.7 Å². The number of halogens is 2. The second-order valence-electron chi connectivity index (χ2n) is 19.1. The Morgan fingerprint density at radius 1 is 0.779 bits per heavy atom. The quantitative estimate of drug-likeness (QED) is 0.0521. The lowest BCUT2D eigenvalue weighted by Gasteiger charge is -2.36. The number of methoxy groups -OCH3 is 1. The predicted octanol–water partition coefficient (Wildman–Crippen LogP) is -1.94. The van der Waals surface area contributed by atoms with Crippen molar-refractivity contribution < 1.29 is 76.7 Å². The Kier molecular flexibility index (Phi) is 23.1. The Morgan fingerprint density at radius 2 is 1.34 bits per heavy atom. The highest BCUT2D eigenvalue weighted by Gasteiger charge is 2.47. The van der Waals surface area contributed by atoms with E-state index in [1.54, 1.807) is 48.8 Å². The van der Waals surface area contributed by atoms with E-state index >= 15 is 0 Å². The summed E-state index contributed by atoms with van der Waals surface area (Å²) in [7, 11) is 1.15. The van der Waals surface area contributed by atoms with Gasteiger partial charge in [0.15, 0.2) is 0 Å². The maximum Gasteiger partial charge on any atom is 0.317 e. The molecule has 26 nitrogen and oxygen atoms in total. The number of esters is 1. The highest BCUT2D eigenvalue weighted by Crippen LogP contribution is 2.31. The molecule has 0 radical (unpaired) electrons. The van der Waals surface area contributed by atoms with Gasteiger partial charge in [-0.3, -0.25) is 72.6 Å². The Hall–Kier alpha value is -7.19. The van der Waals surface area contributed by atoms with E-state index in [9.17, 15) is 72.5 Å². The summed E-state index contributed by atoms with van der Waals surface area (Å²) in [5, 5.41) is 45.8. The number of carboxylic acids is 3. The first-order valence-corrected chi connectivity index (χ1v) is 25.2. The molecule has 1 aromatic carbocycles. The monoisotopic (exact) mass is 1090 g/mol. The van der Waals surface area contributed by atoms with E-state index in [4.69, 9.17) is 9.47 Å². The molecule has 77 heavy (non-hydrogen) atoms. The molecule has 422 valence electrons. The van der Waals surface area contributed by atoms with Gasteiger partial charge >= 0.3 is 23.9 Å². The molecule has 2 aromatic rings. The van der Waals surface area contributed by atoms with Gasteiger partial charge < -0.3 is 50.5 Å². The van der Waals surface area contributed by atoms with E-state index in [0.717, 1.165) is 18.4 Å². The molecule has 3 atom stereocenters. The minimum absolute atomic E-state index is 0.174. The molecule has 3 aliphatic heterocycles. The van der Waals surface area contributed by atoms with Crippen LogP contribution in [0.2, 0.25) is 0 Å². The molecule has 3 saturated heterocycles. The van der Waals surface area contributed by atoms with Gasteiger partial charge in [0, 0.05) is 96.5 Å². The summed E-state index contributed by atoms with van der Waals surface area (Å²) in [5.41, 5.74) is 0.660. The molecule has 0 bridgehead atoms. The molecule has 0 unspecified atom stereocenters. The lowest BCUT2D eigenvalue weighted by Crippen LogP contribution is -2.58. The molecule has 4 heterocycles. The molecule has 3 fully saturated rings. The topological polar surface area (TPSA) is 328 Å². The molecule has 1 aromatic heterocycles. The average molecular weight is 1090 g/mol. The van der Waals surface area contributed by atoms with Crippen LogP contribution in [0.1, 0.15) is 43.0 Å². The smallest absolute Gasteiger partial charge is 0.317 e. The van der Waals surface area contributed by atoms with Crippen molar-refractivity contribution in [3.8, 4) is 11.8 Å². The number of amides is 5. The number of nitriles is 1. The van der Waals surface area contributed by atoms with Crippen LogP contribution in [0.4, 0.5) is 8.78 Å². The van der Waals surface area contributed by atoms with Crippen molar-refractivity contribution in [3.63, 3.8) is 0 Å². The third-order valence-electron chi connectivity index (χ3n) is 13.3. The number of ether oxygens (including phenoxy) is 2. The fourth-order valence-corrected chi connectivity index (χ4v) is 9.09. The second kappa shape index (κ2) is 29.4. The van der Waals surface area contributed by atoms with Crippen molar-refractivity contribution in [1.29, 1.82) is 5.26 Å². The van der Waals surface area contributed by atoms with E-state index in [-0.39, 0.29) is 84.1 Å². The zero-order valence-corrected chi connectivity index (χ0v) is 43.2. The Morgan fingerprint density at radius 3 is 1.88 bits per heavy atom. The normalized spacial score (nSPS) is 19.1. The highest BCUT2D eigenvalue weighted by atomic mass is 19.3. The number of rotatable bonds is 23. The molecule has 5 amide bonds. The number of aliphatic carboxylic acids is 3. The van der Waals surface area contributed by atoms with Gasteiger partial charge in [0.2, 0.25) is 23.6 Å². The Bertz CT molecular complexity index is 2440. The molecular weight excluding hydrogens is 1020 g/mol. The molecule has 5 rings (SSSR count). The number of likely N-dealkylation sites (tertiary alicyclic amines) is 1. The number of carbonyl (C=O) groups excluding carboxylic acids is 6. The van der Waals surface area contributed by atoms with E-state index < -0.39 is 103 Å². The van der Waals surface area contributed by atoms with Crippen molar-refractivity contribution in [3.05, 3.63) is 36.0 Å². The van der Waals surface area contributed by atoms with E-state index in [1.807, 2.05) is 0 Å². The van der Waals surface area contributed by atoms with E-state index in [0.29, 0.717) is 62.4 Å². The van der Waals surface area contributed by atoms with Gasteiger partial charge in [-0.25, -0.2) is 8.78 Å². The summed E-state index contributed by atoms with van der Waals surface area (Å²) in [6, 6.07) is 4.41. The number of unbranched alkanes of at least 4 members (excludes halogenated alkanes) is 1. The van der Waals surface area contributed by atoms with Crippen molar-refractivity contribution in [2.24, 2.45) is 0 Å². The number of nitrogens with zero attached hydrogens (tertiary/aromatic N) is 9. The molecule has 3 aliphatic rings. The number of carbonyl (C=O) groups is 9. The van der Waals surface area contributed by atoms with E-state index in [2.05, 4.69) is 25.8 Å². The van der Waals surface area contributed by atoms with Crippen LogP contribution in [0.25, 0.3) is 10.9 Å². The summed E-state index contributed by atoms with van der Waals surface area (Å²) in [6.07, 6.45) is 1.56. The summed E-state index contributed by atoms with van der Waals surface area (Å²) in [5.74, 6) is -10.1. The first-order valence-electron chi connectivity index (χ1n) is 25.2. The van der Waals surface area contributed by atoms with Crippen molar-refractivity contribution >= 4 is 64.3 Å². The minimum Gasteiger partial charge on any atom is -0.494 e. The molecule has 0 spiro atoms. The number of hydrogen-bond acceptors (Lipinski definition) is 18. The third-order valence-corrected chi connectivity index (χ3v) is 13.3. The van der Waals surface area contributed by atoms with Crippen LogP contribution in [-0.2, 0) is 43.1 Å². The van der Waals surface area contributed by atoms with Gasteiger partial charge in [-0.1, -0.05) is 0 Å². The van der Waals surface area contributed by atoms with Crippen LogP contribution in [0.3, 0.4) is 0 Å². The summed E-state index contributed by atoms with van der Waals surface area (Å²) in [6.45, 7) is 2.73. The van der Waals surface area contributed by atoms with Gasteiger partial charge in [-0.05, 0) is 50.6 Å². The first-order chi connectivity index (χ1) is 36.6. The maximum atomic E-state index is 13.9. The fourth-order valence-electron chi connectivity index (χ4n) is 9.09. The van der Waals surface area contributed by atoms with Crippen LogP contribution >= 0.6 is 0 Å². The Labute approximate surface area is 443 Å². The molecule has 0 aliphatic carbocycles. The summed E-state index contributed by atoms with van der Waals surface area (Å²) >= 11 is 0. The number of carboxylic acid groups (broad SMARTS) is 3. The van der Waals surface area contributed by atoms with Crippen LogP contribution in [0.5, 0.6) is 5.75 Å². The molecular formula is C49H68F2N12O14. The van der Waals surface area contributed by atoms with Crippen LogP contribution in [0.15, 0.2) is 30.5 Å². The van der Waals surface area contributed by atoms with Gasteiger partial charge in [0.1, 0.15) is 23.9 Å². The largest absolute Gasteiger partial charge is 0.494 e. The van der Waals surface area contributed by atoms with Gasteiger partial charge in [-0.15, -0.1) is 0 Å². The van der Waals surface area contributed by atoms with Crippen molar-refractivity contribution in [2.75, 3.05) is 138 Å². The van der Waals surface area contributed by atoms with Crippen molar-refractivity contribution in [1.82, 2.24) is 55.2 Å². The number of alkyl halides is 2. The molecule has 6 N–H and O–H groups in total. The van der Waals surface area contributed by atoms with Crippen molar-refractivity contribution in [2.45, 2.75) is 56.7 Å². The fraction of sp³-hybridized carbons (Fsp3) is 0.612. The predicted molar refractivity (Wildman–Crippen MR) is 267 cm³/mol. The zero-order valence-electron chi connectivity index (χ0n) is 43.2. The van der Waals surface area contributed by atoms with Gasteiger partial charge in [-0.2, -0.15) is 5.26 Å². The number of fused-ring (bicyclic) bond motifs is 1. The zero-order chi connectivity index (χ0) is 56.2. The van der Waals surface area contributed by atoms with Crippen LogP contribution in [-0.4, -0.2) is 270 Å². The van der Waals surface area contributed by atoms with Crippen LogP contribution in [0, 0.1) is 11.3 Å². The molecule has 28 heteroatoms. The first kappa shape index (κ1) is 60.7. The highest BCUT2D eigenvalue weighted by molar-refractivity contribution is 6.07.